The van der Waals surface area contributed by atoms with Crippen molar-refractivity contribution in [3.63, 3.8) is 0 Å². The monoisotopic (exact) mass is 315 g/mol. The summed E-state index contributed by atoms with van der Waals surface area (Å²) in [4.78, 5) is 25.6. The van der Waals surface area contributed by atoms with Crippen LogP contribution in [0.15, 0.2) is 0 Å². The Hall–Kier alpha value is -1.34. The van der Waals surface area contributed by atoms with Gasteiger partial charge in [-0.25, -0.2) is 4.79 Å². The van der Waals surface area contributed by atoms with Gasteiger partial charge in [0.1, 0.15) is 12.2 Å². The van der Waals surface area contributed by atoms with Crippen LogP contribution < -0.4 is 0 Å². The maximum absolute atomic E-state index is 12.2. The molecule has 0 aromatic heterocycles. The van der Waals surface area contributed by atoms with Gasteiger partial charge in [-0.3, -0.25) is 4.79 Å². The highest BCUT2D eigenvalue weighted by Crippen LogP contribution is 2.39. The van der Waals surface area contributed by atoms with Crippen molar-refractivity contribution >= 4 is 12.1 Å². The number of ether oxygens (including phenoxy) is 4. The Labute approximate surface area is 130 Å². The summed E-state index contributed by atoms with van der Waals surface area (Å²) in [5, 5.41) is 0. The van der Waals surface area contributed by atoms with E-state index < -0.39 is 11.9 Å². The Morgan fingerprint density at radius 2 is 2.00 bits per heavy atom. The molecule has 0 saturated carbocycles. The third-order valence-corrected chi connectivity index (χ3v) is 4.10. The van der Waals surface area contributed by atoms with Gasteiger partial charge in [0.2, 0.25) is 0 Å². The molecular weight excluding hydrogens is 290 g/mol. The largest absolute Gasteiger partial charge is 0.460 e. The lowest BCUT2D eigenvalue weighted by Crippen LogP contribution is -2.36. The van der Waals surface area contributed by atoms with Crippen LogP contribution in [0.1, 0.15) is 27.2 Å². The van der Waals surface area contributed by atoms with E-state index in [4.69, 9.17) is 18.9 Å². The van der Waals surface area contributed by atoms with Gasteiger partial charge in [0, 0.05) is 32.6 Å². The van der Waals surface area contributed by atoms with E-state index in [1.807, 2.05) is 20.8 Å². The molecule has 2 aliphatic rings. The third-order valence-electron chi connectivity index (χ3n) is 4.10. The first-order chi connectivity index (χ1) is 10.3. The van der Waals surface area contributed by atoms with Crippen molar-refractivity contribution < 1.29 is 28.5 Å². The number of carbonyl (C=O) groups is 2. The second-order valence-corrected chi connectivity index (χ2v) is 6.75. The highest BCUT2D eigenvalue weighted by molar-refractivity contribution is 5.73. The lowest BCUT2D eigenvalue weighted by atomic mass is 9.87. The van der Waals surface area contributed by atoms with Gasteiger partial charge in [-0.15, -0.1) is 0 Å². The first kappa shape index (κ1) is 17.0. The van der Waals surface area contributed by atoms with Crippen LogP contribution in [-0.4, -0.2) is 62.3 Å². The summed E-state index contributed by atoms with van der Waals surface area (Å²) < 4.78 is 21.2. The van der Waals surface area contributed by atoms with E-state index in [2.05, 4.69) is 0 Å². The van der Waals surface area contributed by atoms with Crippen molar-refractivity contribution in [3.8, 4) is 0 Å². The number of methoxy groups -OCH3 is 2. The highest BCUT2D eigenvalue weighted by Gasteiger charge is 2.52. The molecule has 0 aromatic carbocycles. The number of cyclic esters (lactones) is 1. The molecule has 2 rings (SSSR count). The Balaban J connectivity index is 2.12. The first-order valence-electron chi connectivity index (χ1n) is 7.47. The summed E-state index contributed by atoms with van der Waals surface area (Å²) >= 11 is 0. The Morgan fingerprint density at radius 1 is 1.36 bits per heavy atom. The molecule has 0 N–H and O–H groups in total. The number of fused-ring (bicyclic) bond motifs is 1. The average molecular weight is 315 g/mol. The van der Waals surface area contributed by atoms with Crippen LogP contribution in [0.2, 0.25) is 0 Å². The number of esters is 1. The number of nitrogens with zero attached hydrogens (tertiary/aromatic N) is 1. The molecule has 0 aromatic rings. The van der Waals surface area contributed by atoms with Crippen LogP contribution in [-0.2, 0) is 23.7 Å². The van der Waals surface area contributed by atoms with Gasteiger partial charge in [0.25, 0.3) is 0 Å². The lowest BCUT2D eigenvalue weighted by Gasteiger charge is -2.28. The van der Waals surface area contributed by atoms with Crippen LogP contribution in [0.4, 0.5) is 4.79 Å². The normalized spacial score (nSPS) is 28.0. The second kappa shape index (κ2) is 6.42. The molecule has 7 nitrogen and oxygen atoms in total. The minimum atomic E-state index is -0.533. The van der Waals surface area contributed by atoms with E-state index in [1.54, 1.807) is 19.1 Å². The molecule has 0 aliphatic carbocycles. The fourth-order valence-corrected chi connectivity index (χ4v) is 3.27. The third kappa shape index (κ3) is 3.52. The van der Waals surface area contributed by atoms with Crippen molar-refractivity contribution in [1.29, 1.82) is 0 Å². The predicted octanol–water partition coefficient (Wildman–Crippen LogP) is 1.40. The smallest absolute Gasteiger partial charge is 0.410 e. The Morgan fingerprint density at radius 3 is 2.55 bits per heavy atom. The lowest BCUT2D eigenvalue weighted by molar-refractivity contribution is -0.162. The number of rotatable bonds is 5. The molecule has 0 radical (unpaired) electrons. The summed E-state index contributed by atoms with van der Waals surface area (Å²) in [7, 11) is 3.11. The van der Waals surface area contributed by atoms with Crippen LogP contribution in [0.3, 0.4) is 0 Å². The van der Waals surface area contributed by atoms with Gasteiger partial charge >= 0.3 is 12.1 Å². The van der Waals surface area contributed by atoms with E-state index in [1.165, 1.54) is 0 Å². The van der Waals surface area contributed by atoms with E-state index in [9.17, 15) is 9.59 Å². The molecule has 2 heterocycles. The van der Waals surface area contributed by atoms with Crippen LogP contribution in [0, 0.1) is 11.8 Å². The number of hydrogen-bond acceptors (Lipinski definition) is 6. The number of hydrogen-bond donors (Lipinski definition) is 0. The molecule has 1 amide bonds. The van der Waals surface area contributed by atoms with Crippen LogP contribution in [0.25, 0.3) is 0 Å². The molecule has 0 spiro atoms. The second-order valence-electron chi connectivity index (χ2n) is 6.75. The minimum Gasteiger partial charge on any atom is -0.460 e. The maximum atomic E-state index is 12.2. The van der Waals surface area contributed by atoms with Gasteiger partial charge in [-0.1, -0.05) is 0 Å². The molecule has 2 aliphatic heterocycles. The van der Waals surface area contributed by atoms with Crippen LogP contribution in [0.5, 0.6) is 0 Å². The zero-order chi connectivity index (χ0) is 16.5. The molecule has 0 bridgehead atoms. The minimum absolute atomic E-state index is 0.0830. The quantitative estimate of drug-likeness (QED) is 0.564. The van der Waals surface area contributed by atoms with Gasteiger partial charge < -0.3 is 23.8 Å². The highest BCUT2D eigenvalue weighted by atomic mass is 16.7. The number of amides is 1. The molecule has 2 saturated heterocycles. The van der Waals surface area contributed by atoms with Crippen molar-refractivity contribution in [2.75, 3.05) is 27.4 Å². The molecule has 126 valence electrons. The summed E-state index contributed by atoms with van der Waals surface area (Å²) in [5.41, 5.74) is -0.533. The molecule has 0 unspecified atom stereocenters. The molecule has 2 fully saturated rings. The zero-order valence-electron chi connectivity index (χ0n) is 13.8. The van der Waals surface area contributed by atoms with E-state index in [0.29, 0.717) is 13.2 Å². The Kier molecular flexibility index (Phi) is 4.97. The van der Waals surface area contributed by atoms with Crippen molar-refractivity contribution in [2.24, 2.45) is 11.8 Å². The van der Waals surface area contributed by atoms with Crippen molar-refractivity contribution in [2.45, 2.75) is 45.1 Å². The summed E-state index contributed by atoms with van der Waals surface area (Å²) in [6.45, 7) is 6.25. The molecule has 22 heavy (non-hydrogen) atoms. The average Bonchev–Trinajstić information content (AvgIpc) is 2.92. The Bertz CT molecular complexity index is 428. The topological polar surface area (TPSA) is 74.3 Å². The van der Waals surface area contributed by atoms with Crippen molar-refractivity contribution in [3.05, 3.63) is 0 Å². The SMILES string of the molecule is COC(OC)[C@H]1CN2C(=O)OC[C@@H]2[C@H]1CC(=O)OC(C)(C)C. The van der Waals surface area contributed by atoms with E-state index >= 15 is 0 Å². The van der Waals surface area contributed by atoms with Crippen LogP contribution >= 0.6 is 0 Å². The summed E-state index contributed by atoms with van der Waals surface area (Å²) in [5.74, 6) is -0.471. The number of carbonyl (C=O) groups excluding carboxylic acids is 2. The molecule has 3 atom stereocenters. The predicted molar refractivity (Wildman–Crippen MR) is 77.1 cm³/mol. The summed E-state index contributed by atoms with van der Waals surface area (Å²) in [6, 6.07) is -0.127. The van der Waals surface area contributed by atoms with Gasteiger partial charge in [-0.05, 0) is 20.8 Å². The van der Waals surface area contributed by atoms with Gasteiger partial charge in [0.05, 0.1) is 12.5 Å². The van der Waals surface area contributed by atoms with Crippen molar-refractivity contribution in [1.82, 2.24) is 4.90 Å². The van der Waals surface area contributed by atoms with Gasteiger partial charge in [0.15, 0.2) is 6.29 Å². The fraction of sp³-hybridized carbons (Fsp3) is 0.867. The van der Waals surface area contributed by atoms with Gasteiger partial charge in [-0.2, -0.15) is 0 Å². The molecular formula is C15H25NO6. The zero-order valence-corrected chi connectivity index (χ0v) is 13.8. The molecule has 7 heteroatoms. The van der Waals surface area contributed by atoms with E-state index in [0.717, 1.165) is 0 Å². The van der Waals surface area contributed by atoms with E-state index in [-0.39, 0.29) is 36.4 Å². The summed E-state index contributed by atoms with van der Waals surface area (Å²) in [6.07, 6.45) is -0.596. The standard InChI is InChI=1S/C15H25NO6/c1-15(2,3)22-12(17)6-9-10(13(19-4)20-5)7-16-11(9)8-21-14(16)18/h9-11,13H,6-8H2,1-5H3/t9-,10-,11+/m0/s1. The first-order valence-corrected chi connectivity index (χ1v) is 7.47. The fourth-order valence-electron chi connectivity index (χ4n) is 3.27. The maximum Gasteiger partial charge on any atom is 0.410 e.